The molecular formula is C17H27N5O3S. The van der Waals surface area contributed by atoms with Crippen LogP contribution < -0.4 is 4.90 Å². The second kappa shape index (κ2) is 8.30. The third-order valence-corrected chi connectivity index (χ3v) is 7.06. The van der Waals surface area contributed by atoms with Crippen LogP contribution in [-0.4, -0.2) is 78.5 Å². The lowest BCUT2D eigenvalue weighted by atomic mass is 9.98. The number of carbonyl (C=O) groups is 1. The van der Waals surface area contributed by atoms with Crippen molar-refractivity contribution in [2.45, 2.75) is 26.2 Å². The number of hydrogen-bond acceptors (Lipinski definition) is 6. The molecule has 1 aromatic heterocycles. The molecule has 0 saturated carbocycles. The first-order chi connectivity index (χ1) is 12.5. The molecule has 9 heteroatoms. The van der Waals surface area contributed by atoms with E-state index in [9.17, 15) is 13.2 Å². The first kappa shape index (κ1) is 19.0. The number of anilines is 1. The molecule has 2 fully saturated rings. The van der Waals surface area contributed by atoms with E-state index in [2.05, 4.69) is 14.9 Å². The predicted molar refractivity (Wildman–Crippen MR) is 99.2 cm³/mol. The molecule has 3 heterocycles. The van der Waals surface area contributed by atoms with Gasteiger partial charge < -0.3 is 9.80 Å². The summed E-state index contributed by atoms with van der Waals surface area (Å²) in [6.45, 7) is 5.35. The lowest BCUT2D eigenvalue weighted by Gasteiger charge is -2.38. The van der Waals surface area contributed by atoms with Crippen LogP contribution in [0.5, 0.6) is 0 Å². The van der Waals surface area contributed by atoms with Crippen LogP contribution in [0.25, 0.3) is 0 Å². The first-order valence-corrected chi connectivity index (χ1v) is 10.9. The Morgan fingerprint density at radius 1 is 1.15 bits per heavy atom. The van der Waals surface area contributed by atoms with Crippen LogP contribution >= 0.6 is 0 Å². The van der Waals surface area contributed by atoms with Crippen molar-refractivity contribution in [2.24, 2.45) is 5.92 Å². The topological polar surface area (TPSA) is 86.7 Å². The van der Waals surface area contributed by atoms with E-state index in [0.717, 1.165) is 12.8 Å². The Morgan fingerprint density at radius 2 is 1.85 bits per heavy atom. The number of hydrogen-bond donors (Lipinski definition) is 0. The molecule has 26 heavy (non-hydrogen) atoms. The van der Waals surface area contributed by atoms with E-state index in [1.165, 1.54) is 4.31 Å². The molecule has 1 amide bonds. The summed E-state index contributed by atoms with van der Waals surface area (Å²) in [5.41, 5.74) is 0. The summed E-state index contributed by atoms with van der Waals surface area (Å²) < 4.78 is 26.1. The van der Waals surface area contributed by atoms with Crippen molar-refractivity contribution in [3.8, 4) is 0 Å². The molecule has 1 aromatic rings. The van der Waals surface area contributed by atoms with E-state index in [1.807, 2.05) is 11.8 Å². The smallest absolute Gasteiger partial charge is 0.227 e. The fraction of sp³-hybridized carbons (Fsp3) is 0.706. The lowest BCUT2D eigenvalue weighted by Crippen LogP contribution is -2.53. The molecule has 0 radical (unpaired) electrons. The van der Waals surface area contributed by atoms with Crippen molar-refractivity contribution in [1.82, 2.24) is 19.2 Å². The normalized spacial score (nSPS) is 22.4. The van der Waals surface area contributed by atoms with Gasteiger partial charge in [-0.15, -0.1) is 0 Å². The quantitative estimate of drug-likeness (QED) is 0.741. The highest BCUT2D eigenvalue weighted by atomic mass is 32.2. The fourth-order valence-electron chi connectivity index (χ4n) is 3.62. The number of sulfonamides is 1. The molecule has 3 rings (SSSR count). The van der Waals surface area contributed by atoms with Gasteiger partial charge in [0.2, 0.25) is 21.9 Å². The minimum absolute atomic E-state index is 0.0787. The number of amides is 1. The van der Waals surface area contributed by atoms with E-state index in [0.29, 0.717) is 51.6 Å². The van der Waals surface area contributed by atoms with Crippen LogP contribution in [0.3, 0.4) is 0 Å². The zero-order valence-electron chi connectivity index (χ0n) is 15.2. The van der Waals surface area contributed by atoms with Gasteiger partial charge in [0.25, 0.3) is 0 Å². The Labute approximate surface area is 155 Å². The fourth-order valence-corrected chi connectivity index (χ4v) is 5.21. The maximum atomic E-state index is 12.9. The second-order valence-electron chi connectivity index (χ2n) is 6.87. The molecule has 1 unspecified atom stereocenters. The summed E-state index contributed by atoms with van der Waals surface area (Å²) in [4.78, 5) is 25.3. The molecule has 1 atom stereocenters. The van der Waals surface area contributed by atoms with E-state index < -0.39 is 10.0 Å². The maximum absolute atomic E-state index is 12.9. The highest BCUT2D eigenvalue weighted by molar-refractivity contribution is 7.89. The standard InChI is InChI=1S/C17H27N5O3S/c1-2-13-26(24,25)22-8-3-5-15(14-22)16(23)20-9-11-21(12-10-20)17-18-6-4-7-19-17/h4,6-7,15H,2-3,5,8-14H2,1H3. The molecule has 0 aliphatic carbocycles. The molecule has 2 aliphatic heterocycles. The zero-order chi connectivity index (χ0) is 18.6. The molecule has 0 N–H and O–H groups in total. The zero-order valence-corrected chi connectivity index (χ0v) is 16.1. The minimum Gasteiger partial charge on any atom is -0.339 e. The molecule has 0 bridgehead atoms. The number of aromatic nitrogens is 2. The minimum atomic E-state index is -3.24. The largest absolute Gasteiger partial charge is 0.339 e. The Balaban J connectivity index is 1.56. The third-order valence-electron chi connectivity index (χ3n) is 5.02. The first-order valence-electron chi connectivity index (χ1n) is 9.30. The Bertz CT molecular complexity index is 704. The van der Waals surface area contributed by atoms with Crippen molar-refractivity contribution < 1.29 is 13.2 Å². The predicted octanol–water partition coefficient (Wildman–Crippen LogP) is 0.577. The molecule has 144 valence electrons. The molecule has 0 spiro atoms. The summed E-state index contributed by atoms with van der Waals surface area (Å²) in [5.74, 6) is 0.697. The average Bonchev–Trinajstić information content (AvgIpc) is 2.68. The van der Waals surface area contributed by atoms with Gasteiger partial charge in [0, 0.05) is 51.7 Å². The second-order valence-corrected chi connectivity index (χ2v) is 8.96. The Hall–Kier alpha value is -1.74. The monoisotopic (exact) mass is 381 g/mol. The Morgan fingerprint density at radius 3 is 2.50 bits per heavy atom. The highest BCUT2D eigenvalue weighted by Crippen LogP contribution is 2.23. The third kappa shape index (κ3) is 4.32. The van der Waals surface area contributed by atoms with E-state index in [4.69, 9.17) is 0 Å². The van der Waals surface area contributed by atoms with E-state index in [1.54, 1.807) is 18.5 Å². The van der Waals surface area contributed by atoms with Crippen molar-refractivity contribution in [1.29, 1.82) is 0 Å². The van der Waals surface area contributed by atoms with Gasteiger partial charge >= 0.3 is 0 Å². The SMILES string of the molecule is CCCS(=O)(=O)N1CCCC(C(=O)N2CCN(c3ncccn3)CC2)C1. The van der Waals surface area contributed by atoms with Gasteiger partial charge in [-0.2, -0.15) is 0 Å². The summed E-state index contributed by atoms with van der Waals surface area (Å²) in [6, 6.07) is 1.78. The van der Waals surface area contributed by atoms with Gasteiger partial charge in [-0.3, -0.25) is 4.79 Å². The number of piperazine rings is 1. The van der Waals surface area contributed by atoms with Crippen molar-refractivity contribution in [2.75, 3.05) is 49.9 Å². The van der Waals surface area contributed by atoms with Crippen molar-refractivity contribution in [3.63, 3.8) is 0 Å². The van der Waals surface area contributed by atoms with E-state index >= 15 is 0 Å². The molecule has 2 saturated heterocycles. The van der Waals surface area contributed by atoms with Crippen LogP contribution in [0, 0.1) is 5.92 Å². The van der Waals surface area contributed by atoms with Gasteiger partial charge in [-0.1, -0.05) is 6.92 Å². The number of piperidine rings is 1. The van der Waals surface area contributed by atoms with Gasteiger partial charge in [-0.25, -0.2) is 22.7 Å². The summed E-state index contributed by atoms with van der Waals surface area (Å²) in [5, 5.41) is 0. The van der Waals surface area contributed by atoms with Crippen molar-refractivity contribution in [3.05, 3.63) is 18.5 Å². The number of carbonyl (C=O) groups excluding carboxylic acids is 1. The molecule has 8 nitrogen and oxygen atoms in total. The number of nitrogens with zero attached hydrogens (tertiary/aromatic N) is 5. The van der Waals surface area contributed by atoms with Crippen LogP contribution in [0.15, 0.2) is 18.5 Å². The highest BCUT2D eigenvalue weighted by Gasteiger charge is 2.34. The van der Waals surface area contributed by atoms with Gasteiger partial charge in [0.15, 0.2) is 0 Å². The summed E-state index contributed by atoms with van der Waals surface area (Å²) in [6.07, 6.45) is 5.54. The van der Waals surface area contributed by atoms with Crippen molar-refractivity contribution >= 4 is 21.9 Å². The molecule has 0 aromatic carbocycles. The molecule has 2 aliphatic rings. The van der Waals surface area contributed by atoms with Gasteiger partial charge in [0.1, 0.15) is 0 Å². The summed E-state index contributed by atoms with van der Waals surface area (Å²) >= 11 is 0. The van der Waals surface area contributed by atoms with Gasteiger partial charge in [0.05, 0.1) is 11.7 Å². The average molecular weight is 382 g/mol. The Kier molecular flexibility index (Phi) is 6.08. The van der Waals surface area contributed by atoms with Gasteiger partial charge in [-0.05, 0) is 25.3 Å². The van der Waals surface area contributed by atoms with E-state index in [-0.39, 0.29) is 17.6 Å². The van der Waals surface area contributed by atoms with Crippen LogP contribution in [-0.2, 0) is 14.8 Å². The molecular weight excluding hydrogens is 354 g/mol. The number of rotatable bonds is 5. The van der Waals surface area contributed by atoms with Crippen LogP contribution in [0.2, 0.25) is 0 Å². The van der Waals surface area contributed by atoms with Crippen LogP contribution in [0.4, 0.5) is 5.95 Å². The lowest BCUT2D eigenvalue weighted by molar-refractivity contribution is -0.137. The maximum Gasteiger partial charge on any atom is 0.227 e. The van der Waals surface area contributed by atoms with Crippen LogP contribution in [0.1, 0.15) is 26.2 Å². The summed E-state index contributed by atoms with van der Waals surface area (Å²) in [7, 11) is -3.24.